The second kappa shape index (κ2) is 14.5. The van der Waals surface area contributed by atoms with Gasteiger partial charge in [-0.15, -0.1) is 0 Å². The van der Waals surface area contributed by atoms with E-state index in [-0.39, 0.29) is 18.3 Å². The number of aliphatic carboxylic acids is 1. The van der Waals surface area contributed by atoms with Gasteiger partial charge in [0.15, 0.2) is 6.54 Å². The first kappa shape index (κ1) is 30.7. The van der Waals surface area contributed by atoms with E-state index in [9.17, 15) is 18.0 Å². The summed E-state index contributed by atoms with van der Waals surface area (Å²) in [6, 6.07) is 0. The third-order valence-electron chi connectivity index (χ3n) is 4.01. The number of carbonyl (C=O) groups is 2. The maximum atomic E-state index is 11.1. The van der Waals surface area contributed by atoms with Gasteiger partial charge in [0, 0.05) is 12.0 Å². The number of nitrogens with zero attached hydrogens (tertiary/aromatic N) is 2. The number of hydrogen-bond acceptors (Lipinski definition) is 5. The van der Waals surface area contributed by atoms with E-state index in [4.69, 9.17) is 14.4 Å². The van der Waals surface area contributed by atoms with Crippen LogP contribution in [-0.4, -0.2) is 106 Å². The lowest BCUT2D eigenvalue weighted by Gasteiger charge is -2.29. The number of rotatable bonds is 14. The van der Waals surface area contributed by atoms with Crippen LogP contribution in [0.2, 0.25) is 0 Å². The van der Waals surface area contributed by atoms with Crippen molar-refractivity contribution in [2.75, 3.05) is 67.2 Å². The highest BCUT2D eigenvalue weighted by atomic mass is 32.2. The van der Waals surface area contributed by atoms with E-state index in [2.05, 4.69) is 20.7 Å². The van der Waals surface area contributed by atoms with Crippen molar-refractivity contribution in [2.45, 2.75) is 39.0 Å². The Morgan fingerprint density at radius 2 is 1.43 bits per heavy atom. The number of hydrogen-bond donors (Lipinski definition) is 2. The van der Waals surface area contributed by atoms with Crippen LogP contribution in [0.1, 0.15) is 39.0 Å². The Kier molecular flexibility index (Phi) is 14.8. The Labute approximate surface area is 182 Å². The van der Waals surface area contributed by atoms with Crippen LogP contribution in [0, 0.1) is 0 Å². The van der Waals surface area contributed by atoms with Gasteiger partial charge < -0.3 is 18.8 Å². The minimum Gasteiger partial charge on any atom is -0.477 e. The van der Waals surface area contributed by atoms with Crippen LogP contribution in [0.3, 0.4) is 0 Å². The fourth-order valence-electron chi connectivity index (χ4n) is 2.48. The standard InChI is InChI=1S/C15H29NO5S.C5H11NO2/c1-14(2)15(17)21-12-8-6-5-7-10-16(3,4)11-9-13-22(18,19)20;1-6(2,3)4-5(7)8/h1,5-13H2,2-4H3;4H2,1-3H3/p+2. The van der Waals surface area contributed by atoms with Crippen LogP contribution in [0.15, 0.2) is 12.2 Å². The van der Waals surface area contributed by atoms with Gasteiger partial charge in [0.05, 0.1) is 60.7 Å². The maximum absolute atomic E-state index is 11.1. The highest BCUT2D eigenvalue weighted by Gasteiger charge is 2.16. The molecule has 0 radical (unpaired) electrons. The van der Waals surface area contributed by atoms with Crippen LogP contribution in [0.4, 0.5) is 0 Å². The van der Waals surface area contributed by atoms with Crippen LogP contribution in [-0.2, 0) is 24.4 Å². The van der Waals surface area contributed by atoms with Gasteiger partial charge in [0.25, 0.3) is 10.1 Å². The zero-order valence-electron chi connectivity index (χ0n) is 19.5. The topological polar surface area (TPSA) is 118 Å². The van der Waals surface area contributed by atoms with Gasteiger partial charge in [-0.05, 0) is 32.6 Å². The molecule has 0 fully saturated rings. The first-order chi connectivity index (χ1) is 13.5. The third kappa shape index (κ3) is 24.5. The summed E-state index contributed by atoms with van der Waals surface area (Å²) >= 11 is 0. The molecular weight excluding hydrogens is 412 g/mol. The molecule has 0 aromatic rings. The molecule has 0 amide bonds. The molecule has 0 heterocycles. The maximum Gasteiger partial charge on any atom is 0.359 e. The van der Waals surface area contributed by atoms with Crippen molar-refractivity contribution in [3.05, 3.63) is 12.2 Å². The fourth-order valence-corrected chi connectivity index (χ4v) is 2.97. The van der Waals surface area contributed by atoms with Gasteiger partial charge in [-0.2, -0.15) is 8.42 Å². The summed E-state index contributed by atoms with van der Waals surface area (Å²) in [6.07, 6.45) is 4.38. The van der Waals surface area contributed by atoms with E-state index >= 15 is 0 Å². The summed E-state index contributed by atoms with van der Waals surface area (Å²) in [5, 5.41) is 8.23. The Morgan fingerprint density at radius 1 is 0.933 bits per heavy atom. The predicted molar refractivity (Wildman–Crippen MR) is 118 cm³/mol. The summed E-state index contributed by atoms with van der Waals surface area (Å²) in [5.41, 5.74) is 0.420. The molecule has 0 saturated carbocycles. The molecular formula is C20H42N2O7S+2. The van der Waals surface area contributed by atoms with Gasteiger partial charge in [0.1, 0.15) is 0 Å². The number of carbonyl (C=O) groups excluding carboxylic acids is 1. The smallest absolute Gasteiger partial charge is 0.359 e. The highest BCUT2D eigenvalue weighted by molar-refractivity contribution is 7.85. The normalized spacial score (nSPS) is 12.0. The minimum absolute atomic E-state index is 0.178. The second-order valence-corrected chi connectivity index (χ2v) is 10.8. The molecule has 0 aliphatic rings. The van der Waals surface area contributed by atoms with Gasteiger partial charge in [-0.1, -0.05) is 6.58 Å². The number of ether oxygens (including phenoxy) is 1. The Hall–Kier alpha value is -1.49. The zero-order valence-corrected chi connectivity index (χ0v) is 20.3. The van der Waals surface area contributed by atoms with Crippen molar-refractivity contribution in [1.82, 2.24) is 0 Å². The third-order valence-corrected chi connectivity index (χ3v) is 4.82. The molecule has 0 aliphatic heterocycles. The SMILES string of the molecule is C=C(C)C(=O)OCCCCCC[N+](C)(C)CCCS(=O)(=O)O.C[N+](C)(C)CC(=O)O. The number of carboxylic acid groups (broad SMARTS) is 1. The van der Waals surface area contributed by atoms with Crippen molar-refractivity contribution in [2.24, 2.45) is 0 Å². The fraction of sp³-hybridized carbons (Fsp3) is 0.800. The van der Waals surface area contributed by atoms with Crippen LogP contribution < -0.4 is 0 Å². The monoisotopic (exact) mass is 454 g/mol. The van der Waals surface area contributed by atoms with Crippen LogP contribution in [0.25, 0.3) is 0 Å². The number of likely N-dealkylation sites (N-methyl/N-ethyl adjacent to an activating group) is 1. The molecule has 178 valence electrons. The number of quaternary nitrogens is 2. The van der Waals surface area contributed by atoms with E-state index < -0.39 is 16.1 Å². The van der Waals surface area contributed by atoms with E-state index in [1.54, 1.807) is 6.92 Å². The van der Waals surface area contributed by atoms with Crippen molar-refractivity contribution < 1.29 is 41.4 Å². The molecule has 0 atom stereocenters. The molecule has 30 heavy (non-hydrogen) atoms. The van der Waals surface area contributed by atoms with Gasteiger partial charge in [-0.25, -0.2) is 9.59 Å². The first-order valence-electron chi connectivity index (χ1n) is 10.1. The van der Waals surface area contributed by atoms with E-state index in [0.717, 1.165) is 43.3 Å². The molecule has 0 aromatic heterocycles. The molecule has 0 rings (SSSR count). The quantitative estimate of drug-likeness (QED) is 0.135. The molecule has 0 spiro atoms. The summed E-state index contributed by atoms with van der Waals surface area (Å²) in [6.45, 7) is 7.43. The van der Waals surface area contributed by atoms with E-state index in [1.165, 1.54) is 0 Å². The molecule has 0 bridgehead atoms. The average molecular weight is 455 g/mol. The van der Waals surface area contributed by atoms with E-state index in [1.807, 2.05) is 21.1 Å². The van der Waals surface area contributed by atoms with Crippen molar-refractivity contribution >= 4 is 22.1 Å². The molecule has 10 heteroatoms. The Balaban J connectivity index is 0. The largest absolute Gasteiger partial charge is 0.477 e. The van der Waals surface area contributed by atoms with Gasteiger partial charge >= 0.3 is 11.9 Å². The van der Waals surface area contributed by atoms with Gasteiger partial charge in [-0.3, -0.25) is 4.55 Å². The lowest BCUT2D eigenvalue weighted by atomic mass is 10.2. The Bertz CT molecular complexity index is 638. The second-order valence-electron chi connectivity index (χ2n) is 9.20. The van der Waals surface area contributed by atoms with Crippen molar-refractivity contribution in [1.29, 1.82) is 0 Å². The van der Waals surface area contributed by atoms with Crippen molar-refractivity contribution in [3.8, 4) is 0 Å². The summed E-state index contributed by atoms with van der Waals surface area (Å²) in [4.78, 5) is 21.1. The molecule has 0 aromatic carbocycles. The van der Waals surface area contributed by atoms with Crippen LogP contribution in [0.5, 0.6) is 0 Å². The molecule has 0 saturated heterocycles. The van der Waals surface area contributed by atoms with Crippen LogP contribution >= 0.6 is 0 Å². The Morgan fingerprint density at radius 3 is 1.83 bits per heavy atom. The molecule has 9 nitrogen and oxygen atoms in total. The summed E-state index contributed by atoms with van der Waals surface area (Å²) in [7, 11) is 5.78. The molecule has 2 N–H and O–H groups in total. The van der Waals surface area contributed by atoms with Crippen molar-refractivity contribution in [3.63, 3.8) is 0 Å². The lowest BCUT2D eigenvalue weighted by molar-refractivity contribution is -0.890. The van der Waals surface area contributed by atoms with E-state index in [0.29, 0.717) is 23.1 Å². The molecule has 0 unspecified atom stereocenters. The summed E-state index contributed by atoms with van der Waals surface area (Å²) in [5.74, 6) is -1.27. The zero-order chi connectivity index (χ0) is 24.0. The average Bonchev–Trinajstić information content (AvgIpc) is 2.50. The first-order valence-corrected chi connectivity index (χ1v) is 11.7. The minimum atomic E-state index is -3.85. The number of carboxylic acids is 1. The van der Waals surface area contributed by atoms with Gasteiger partial charge in [0.2, 0.25) is 0 Å². The number of unbranched alkanes of at least 4 members (excludes halogenated alkanes) is 3. The molecule has 0 aliphatic carbocycles. The number of esters is 1. The highest BCUT2D eigenvalue weighted by Crippen LogP contribution is 2.08. The summed E-state index contributed by atoms with van der Waals surface area (Å²) < 4.78 is 36.3. The lowest BCUT2D eigenvalue weighted by Crippen LogP contribution is -2.41. The predicted octanol–water partition coefficient (Wildman–Crippen LogP) is 1.80.